The summed E-state index contributed by atoms with van der Waals surface area (Å²) in [5, 5.41) is 0.717. The third-order valence-corrected chi connectivity index (χ3v) is 7.27. The van der Waals surface area contributed by atoms with Crippen molar-refractivity contribution in [1.29, 1.82) is 0 Å². The van der Waals surface area contributed by atoms with Gasteiger partial charge in [-0.2, -0.15) is 0 Å². The molecule has 1 aliphatic rings. The van der Waals surface area contributed by atoms with E-state index < -0.39 is 9.84 Å². The Labute approximate surface area is 184 Å². The average Bonchev–Trinajstić information content (AvgIpc) is 3.28. The molecule has 0 atom stereocenters. The first-order chi connectivity index (χ1) is 14.8. The quantitative estimate of drug-likeness (QED) is 0.550. The van der Waals surface area contributed by atoms with E-state index in [-0.39, 0.29) is 16.6 Å². The van der Waals surface area contributed by atoms with Gasteiger partial charge in [-0.25, -0.2) is 13.4 Å². The van der Waals surface area contributed by atoms with Crippen LogP contribution in [0.1, 0.15) is 25.6 Å². The van der Waals surface area contributed by atoms with Gasteiger partial charge >= 0.3 is 0 Å². The Morgan fingerprint density at radius 2 is 1.61 bits per heavy atom. The molecular formula is C22H21N3O4S2. The summed E-state index contributed by atoms with van der Waals surface area (Å²) in [4.78, 5) is 34.3. The van der Waals surface area contributed by atoms with Gasteiger partial charge in [0.05, 0.1) is 16.0 Å². The van der Waals surface area contributed by atoms with Gasteiger partial charge < -0.3 is 9.80 Å². The number of hydrogen-bond donors (Lipinski definition) is 0. The van der Waals surface area contributed by atoms with E-state index in [0.717, 1.165) is 11.4 Å². The Morgan fingerprint density at radius 1 is 0.935 bits per heavy atom. The lowest BCUT2D eigenvalue weighted by atomic mass is 10.1. The first-order valence-corrected chi connectivity index (χ1v) is 12.4. The number of hydrogen-bond acceptors (Lipinski definition) is 7. The maximum Gasteiger partial charge on any atom is 0.253 e. The summed E-state index contributed by atoms with van der Waals surface area (Å²) in [5.74, 6) is -0.242. The molecule has 0 N–H and O–H groups in total. The van der Waals surface area contributed by atoms with Crippen LogP contribution in [0, 0.1) is 0 Å². The van der Waals surface area contributed by atoms with Crippen molar-refractivity contribution in [3.05, 3.63) is 76.8 Å². The SMILES string of the molecule is CS(=O)(=O)c1cccc(C(=O)c2cnc(N3CCN(C(=O)c4ccccc4)CC3)s2)c1. The lowest BCUT2D eigenvalue weighted by molar-refractivity contribution is 0.0746. The molecule has 0 radical (unpaired) electrons. The molecule has 0 spiro atoms. The fourth-order valence-corrected chi connectivity index (χ4v) is 4.99. The topological polar surface area (TPSA) is 87.6 Å². The van der Waals surface area contributed by atoms with E-state index in [2.05, 4.69) is 9.88 Å². The standard InChI is InChI=1S/C22H21N3O4S2/c1-31(28,29)18-9-5-8-17(14-18)20(26)19-15-23-22(30-19)25-12-10-24(11-13-25)21(27)16-6-3-2-4-7-16/h2-9,14-15H,10-13H2,1H3. The van der Waals surface area contributed by atoms with Crippen molar-refractivity contribution in [2.45, 2.75) is 4.90 Å². The average molecular weight is 456 g/mol. The molecule has 0 aliphatic carbocycles. The second-order valence-electron chi connectivity index (χ2n) is 7.28. The number of carbonyl (C=O) groups excluding carboxylic acids is 2. The Bertz CT molecular complexity index is 1210. The van der Waals surface area contributed by atoms with Gasteiger partial charge in [-0.15, -0.1) is 0 Å². The minimum Gasteiger partial charge on any atom is -0.345 e. The van der Waals surface area contributed by atoms with Crippen molar-refractivity contribution in [2.75, 3.05) is 37.3 Å². The van der Waals surface area contributed by atoms with Crippen molar-refractivity contribution in [2.24, 2.45) is 0 Å². The van der Waals surface area contributed by atoms with Crippen LogP contribution in [0.2, 0.25) is 0 Å². The van der Waals surface area contributed by atoms with Crippen LogP contribution in [-0.4, -0.2) is 62.4 Å². The molecule has 31 heavy (non-hydrogen) atoms. The van der Waals surface area contributed by atoms with Gasteiger partial charge in [-0.1, -0.05) is 41.7 Å². The highest BCUT2D eigenvalue weighted by Crippen LogP contribution is 2.26. The number of anilines is 1. The minimum atomic E-state index is -3.39. The van der Waals surface area contributed by atoms with Crippen molar-refractivity contribution in [3.8, 4) is 0 Å². The number of amides is 1. The summed E-state index contributed by atoms with van der Waals surface area (Å²) in [5.41, 5.74) is 0.991. The second-order valence-corrected chi connectivity index (χ2v) is 10.3. The number of sulfone groups is 1. The Kier molecular flexibility index (Phi) is 5.88. The molecule has 1 amide bonds. The number of aromatic nitrogens is 1. The number of thiazole rings is 1. The molecule has 1 fully saturated rings. The van der Waals surface area contributed by atoms with Crippen LogP contribution in [0.25, 0.3) is 0 Å². The first kappa shape index (κ1) is 21.2. The molecular weight excluding hydrogens is 434 g/mol. The molecule has 9 heteroatoms. The van der Waals surface area contributed by atoms with Crippen molar-refractivity contribution in [3.63, 3.8) is 0 Å². The molecule has 0 unspecified atom stereocenters. The molecule has 0 bridgehead atoms. The van der Waals surface area contributed by atoms with Gasteiger partial charge in [0.2, 0.25) is 5.78 Å². The zero-order valence-corrected chi connectivity index (χ0v) is 18.5. The fraction of sp³-hybridized carbons (Fsp3) is 0.227. The summed E-state index contributed by atoms with van der Waals surface area (Å²) in [7, 11) is -3.39. The van der Waals surface area contributed by atoms with Gasteiger partial charge in [-0.05, 0) is 24.3 Å². The van der Waals surface area contributed by atoms with E-state index in [4.69, 9.17) is 0 Å². The third kappa shape index (κ3) is 4.67. The highest BCUT2D eigenvalue weighted by Gasteiger charge is 2.24. The molecule has 7 nitrogen and oxygen atoms in total. The van der Waals surface area contributed by atoms with Gasteiger partial charge in [0.1, 0.15) is 0 Å². The van der Waals surface area contributed by atoms with Crippen LogP contribution < -0.4 is 4.90 Å². The van der Waals surface area contributed by atoms with Crippen LogP contribution in [0.4, 0.5) is 5.13 Å². The van der Waals surface area contributed by atoms with Gasteiger partial charge in [0, 0.05) is 43.6 Å². The Balaban J connectivity index is 1.43. The van der Waals surface area contributed by atoms with E-state index in [1.165, 1.54) is 29.7 Å². The lowest BCUT2D eigenvalue weighted by Crippen LogP contribution is -2.48. The van der Waals surface area contributed by atoms with E-state index in [1.54, 1.807) is 12.1 Å². The molecule has 1 saturated heterocycles. The van der Waals surface area contributed by atoms with Crippen LogP contribution in [0.3, 0.4) is 0 Å². The number of nitrogens with zero attached hydrogens (tertiary/aromatic N) is 3. The van der Waals surface area contributed by atoms with Crippen LogP contribution in [0.5, 0.6) is 0 Å². The smallest absolute Gasteiger partial charge is 0.253 e. The fourth-order valence-electron chi connectivity index (χ4n) is 3.39. The zero-order chi connectivity index (χ0) is 22.0. The molecule has 4 rings (SSSR count). The summed E-state index contributed by atoms with van der Waals surface area (Å²) < 4.78 is 23.5. The van der Waals surface area contributed by atoms with Crippen molar-refractivity contribution >= 4 is 38.0 Å². The highest BCUT2D eigenvalue weighted by molar-refractivity contribution is 7.90. The van der Waals surface area contributed by atoms with Crippen molar-refractivity contribution in [1.82, 2.24) is 9.88 Å². The van der Waals surface area contributed by atoms with Gasteiger partial charge in [0.15, 0.2) is 15.0 Å². The molecule has 1 aliphatic heterocycles. The third-order valence-electron chi connectivity index (χ3n) is 5.10. The molecule has 1 aromatic heterocycles. The monoisotopic (exact) mass is 455 g/mol. The number of carbonyl (C=O) groups is 2. The predicted octanol–water partition coefficient (Wildman–Crippen LogP) is 2.74. The van der Waals surface area contributed by atoms with Crippen LogP contribution >= 0.6 is 11.3 Å². The molecule has 160 valence electrons. The maximum absolute atomic E-state index is 12.8. The van der Waals surface area contributed by atoms with E-state index in [9.17, 15) is 18.0 Å². The first-order valence-electron chi connectivity index (χ1n) is 9.73. The summed E-state index contributed by atoms with van der Waals surface area (Å²) in [6, 6.07) is 15.2. The van der Waals surface area contributed by atoms with Crippen LogP contribution in [-0.2, 0) is 9.84 Å². The van der Waals surface area contributed by atoms with Crippen molar-refractivity contribution < 1.29 is 18.0 Å². The van der Waals surface area contributed by atoms with Crippen LogP contribution in [0.15, 0.2) is 65.7 Å². The summed E-state index contributed by atoms with van der Waals surface area (Å²) >= 11 is 1.27. The molecule has 0 saturated carbocycles. The Hall–Kier alpha value is -3.04. The molecule has 2 heterocycles. The predicted molar refractivity (Wildman–Crippen MR) is 120 cm³/mol. The number of benzene rings is 2. The molecule has 2 aromatic carbocycles. The number of piperazine rings is 1. The number of ketones is 1. The van der Waals surface area contributed by atoms with Gasteiger partial charge in [-0.3, -0.25) is 9.59 Å². The second kappa shape index (κ2) is 8.60. The maximum atomic E-state index is 12.8. The Morgan fingerprint density at radius 3 is 2.29 bits per heavy atom. The normalized spacial score (nSPS) is 14.5. The van der Waals surface area contributed by atoms with E-state index in [1.807, 2.05) is 35.2 Å². The van der Waals surface area contributed by atoms with Gasteiger partial charge in [0.25, 0.3) is 5.91 Å². The van der Waals surface area contributed by atoms with E-state index in [0.29, 0.717) is 42.2 Å². The minimum absolute atomic E-state index is 0.0148. The lowest BCUT2D eigenvalue weighted by Gasteiger charge is -2.34. The zero-order valence-electron chi connectivity index (χ0n) is 16.9. The molecule has 3 aromatic rings. The summed E-state index contributed by atoms with van der Waals surface area (Å²) in [6.45, 7) is 2.41. The highest BCUT2D eigenvalue weighted by atomic mass is 32.2. The van der Waals surface area contributed by atoms with E-state index >= 15 is 0 Å². The number of rotatable bonds is 5. The largest absolute Gasteiger partial charge is 0.345 e. The summed E-state index contributed by atoms with van der Waals surface area (Å²) in [6.07, 6.45) is 2.64.